The Bertz CT molecular complexity index is 177. The lowest BCUT2D eigenvalue weighted by Gasteiger charge is -2.24. The van der Waals surface area contributed by atoms with Gasteiger partial charge in [0, 0.05) is 5.41 Å². The molecule has 0 atom stereocenters. The van der Waals surface area contributed by atoms with E-state index in [4.69, 9.17) is 5.11 Å². The van der Waals surface area contributed by atoms with E-state index >= 15 is 0 Å². The van der Waals surface area contributed by atoms with Gasteiger partial charge in [-0.05, 0) is 26.7 Å². The molecule has 1 aliphatic carbocycles. The molecule has 0 bridgehead atoms. The fourth-order valence-electron chi connectivity index (χ4n) is 1.42. The van der Waals surface area contributed by atoms with Gasteiger partial charge in [-0.25, -0.2) is 4.39 Å². The van der Waals surface area contributed by atoms with Crippen molar-refractivity contribution in [1.82, 2.24) is 0 Å². The van der Waals surface area contributed by atoms with Gasteiger partial charge in [0.25, 0.3) is 0 Å². The topological polar surface area (TPSA) is 37.3 Å². The van der Waals surface area contributed by atoms with Crippen molar-refractivity contribution < 1.29 is 14.3 Å². The van der Waals surface area contributed by atoms with E-state index in [1.165, 1.54) is 13.8 Å². The van der Waals surface area contributed by atoms with Crippen LogP contribution in [0.4, 0.5) is 4.39 Å². The van der Waals surface area contributed by atoms with Crippen LogP contribution in [0.5, 0.6) is 0 Å². The quantitative estimate of drug-likeness (QED) is 0.685. The molecule has 2 nitrogen and oxygen atoms in total. The second kappa shape index (κ2) is 2.19. The number of carboxylic acid groups (broad SMARTS) is 1. The van der Waals surface area contributed by atoms with E-state index in [0.717, 1.165) is 0 Å². The summed E-state index contributed by atoms with van der Waals surface area (Å²) in [5, 5.41) is 8.49. The Morgan fingerprint density at radius 1 is 1.64 bits per heavy atom. The molecule has 0 saturated heterocycles. The molecule has 0 aromatic carbocycles. The third-order valence-electron chi connectivity index (χ3n) is 2.60. The number of rotatable bonds is 3. The van der Waals surface area contributed by atoms with Gasteiger partial charge in [-0.3, -0.25) is 4.79 Å². The van der Waals surface area contributed by atoms with E-state index in [9.17, 15) is 9.18 Å². The van der Waals surface area contributed by atoms with Crippen molar-refractivity contribution in [2.75, 3.05) is 0 Å². The predicted octanol–water partition coefficient (Wildman–Crippen LogP) is 1.99. The van der Waals surface area contributed by atoms with E-state index in [2.05, 4.69) is 0 Å². The molecular formula is C8H13FO2. The molecule has 0 radical (unpaired) electrons. The highest BCUT2D eigenvalue weighted by molar-refractivity contribution is 5.68. The van der Waals surface area contributed by atoms with Crippen molar-refractivity contribution >= 4 is 5.97 Å². The Morgan fingerprint density at radius 2 is 2.09 bits per heavy atom. The van der Waals surface area contributed by atoms with Gasteiger partial charge in [0.05, 0.1) is 6.42 Å². The molecule has 0 aliphatic heterocycles. The van der Waals surface area contributed by atoms with E-state index in [1.807, 2.05) is 0 Å². The van der Waals surface area contributed by atoms with Crippen LogP contribution in [0.15, 0.2) is 0 Å². The summed E-state index contributed by atoms with van der Waals surface area (Å²) < 4.78 is 13.3. The Morgan fingerprint density at radius 3 is 2.18 bits per heavy atom. The molecule has 0 aromatic rings. The van der Waals surface area contributed by atoms with Gasteiger partial charge in [-0.1, -0.05) is 0 Å². The Hall–Kier alpha value is -0.600. The normalized spacial score (nSPS) is 21.4. The smallest absolute Gasteiger partial charge is 0.304 e. The van der Waals surface area contributed by atoms with Gasteiger partial charge < -0.3 is 5.11 Å². The van der Waals surface area contributed by atoms with Crippen LogP contribution in [0, 0.1) is 5.41 Å². The maximum atomic E-state index is 13.3. The van der Waals surface area contributed by atoms with Gasteiger partial charge >= 0.3 is 5.97 Å². The molecule has 1 fully saturated rings. The summed E-state index contributed by atoms with van der Waals surface area (Å²) in [5.41, 5.74) is -1.90. The third kappa shape index (κ3) is 1.52. The van der Waals surface area contributed by atoms with E-state index in [-0.39, 0.29) is 6.42 Å². The van der Waals surface area contributed by atoms with Gasteiger partial charge in [0.1, 0.15) is 5.67 Å². The summed E-state index contributed by atoms with van der Waals surface area (Å²) >= 11 is 0. The van der Waals surface area contributed by atoms with E-state index in [1.54, 1.807) is 0 Å². The number of carboxylic acids is 1. The van der Waals surface area contributed by atoms with Crippen LogP contribution in [-0.4, -0.2) is 16.7 Å². The van der Waals surface area contributed by atoms with Crippen LogP contribution >= 0.6 is 0 Å². The molecule has 64 valence electrons. The SMILES string of the molecule is CC(C)(F)C1(CC(=O)O)CC1. The van der Waals surface area contributed by atoms with Crippen molar-refractivity contribution in [2.45, 2.75) is 38.8 Å². The zero-order valence-corrected chi connectivity index (χ0v) is 6.85. The third-order valence-corrected chi connectivity index (χ3v) is 2.60. The van der Waals surface area contributed by atoms with Crippen molar-refractivity contribution in [1.29, 1.82) is 0 Å². The summed E-state index contributed by atoms with van der Waals surface area (Å²) in [6.45, 7) is 2.92. The average molecular weight is 160 g/mol. The fourth-order valence-corrected chi connectivity index (χ4v) is 1.42. The highest BCUT2D eigenvalue weighted by atomic mass is 19.1. The van der Waals surface area contributed by atoms with Crippen LogP contribution in [0.3, 0.4) is 0 Å². The zero-order chi connectivity index (χ0) is 8.70. The highest BCUT2D eigenvalue weighted by Gasteiger charge is 2.56. The maximum Gasteiger partial charge on any atom is 0.304 e. The fraction of sp³-hybridized carbons (Fsp3) is 0.875. The molecule has 11 heavy (non-hydrogen) atoms. The number of aliphatic carboxylic acids is 1. The average Bonchev–Trinajstić information content (AvgIpc) is 2.42. The first-order valence-electron chi connectivity index (χ1n) is 3.78. The first-order chi connectivity index (χ1) is 4.87. The van der Waals surface area contributed by atoms with Crippen LogP contribution < -0.4 is 0 Å². The lowest BCUT2D eigenvalue weighted by atomic mass is 9.86. The van der Waals surface area contributed by atoms with Crippen LogP contribution in [0.2, 0.25) is 0 Å². The highest BCUT2D eigenvalue weighted by Crippen LogP contribution is 2.58. The summed E-state index contributed by atoms with van der Waals surface area (Å²) in [5.74, 6) is -0.895. The number of alkyl halides is 1. The standard InChI is InChI=1S/C8H13FO2/c1-7(2,9)8(3-4-8)5-6(10)11/h3-5H2,1-2H3,(H,10,11). The number of hydrogen-bond donors (Lipinski definition) is 1. The molecule has 0 heterocycles. The van der Waals surface area contributed by atoms with Gasteiger partial charge in [0.2, 0.25) is 0 Å². The lowest BCUT2D eigenvalue weighted by Crippen LogP contribution is -2.29. The molecule has 0 aromatic heterocycles. The molecule has 0 spiro atoms. The minimum absolute atomic E-state index is 0.0312. The summed E-state index contributed by atoms with van der Waals surface area (Å²) in [7, 11) is 0. The molecule has 0 unspecified atom stereocenters. The van der Waals surface area contributed by atoms with Gasteiger partial charge in [-0.15, -0.1) is 0 Å². The largest absolute Gasteiger partial charge is 0.481 e. The molecule has 0 amide bonds. The van der Waals surface area contributed by atoms with Crippen LogP contribution in [-0.2, 0) is 4.79 Å². The van der Waals surface area contributed by atoms with Crippen molar-refractivity contribution in [3.05, 3.63) is 0 Å². The van der Waals surface area contributed by atoms with Crippen LogP contribution in [0.25, 0.3) is 0 Å². The van der Waals surface area contributed by atoms with Gasteiger partial charge in [0.15, 0.2) is 0 Å². The zero-order valence-electron chi connectivity index (χ0n) is 6.85. The second-order valence-corrected chi connectivity index (χ2v) is 3.82. The summed E-state index contributed by atoms with van der Waals surface area (Å²) in [4.78, 5) is 10.3. The monoisotopic (exact) mass is 160 g/mol. The van der Waals surface area contributed by atoms with Crippen LogP contribution in [0.1, 0.15) is 33.1 Å². The lowest BCUT2D eigenvalue weighted by molar-refractivity contribution is -0.140. The molecule has 1 saturated carbocycles. The summed E-state index contributed by atoms with van der Waals surface area (Å²) in [6, 6.07) is 0. The maximum absolute atomic E-state index is 13.3. The van der Waals surface area contributed by atoms with Crippen molar-refractivity contribution in [3.8, 4) is 0 Å². The first-order valence-corrected chi connectivity index (χ1v) is 3.78. The Balaban J connectivity index is 2.61. The van der Waals surface area contributed by atoms with Crippen molar-refractivity contribution in [2.24, 2.45) is 5.41 Å². The number of carbonyl (C=O) groups is 1. The predicted molar refractivity (Wildman–Crippen MR) is 39.1 cm³/mol. The molecule has 1 N–H and O–H groups in total. The van der Waals surface area contributed by atoms with Crippen molar-refractivity contribution in [3.63, 3.8) is 0 Å². The summed E-state index contributed by atoms with van der Waals surface area (Å²) in [6.07, 6.45) is 1.39. The number of hydrogen-bond acceptors (Lipinski definition) is 1. The van der Waals surface area contributed by atoms with E-state index < -0.39 is 17.1 Å². The second-order valence-electron chi connectivity index (χ2n) is 3.82. The molecule has 1 rings (SSSR count). The minimum Gasteiger partial charge on any atom is -0.481 e. The molecule has 3 heteroatoms. The van der Waals surface area contributed by atoms with Gasteiger partial charge in [-0.2, -0.15) is 0 Å². The van der Waals surface area contributed by atoms with E-state index in [0.29, 0.717) is 12.8 Å². The number of halogens is 1. The Kier molecular flexibility index (Phi) is 1.69. The molecular weight excluding hydrogens is 147 g/mol. The molecule has 1 aliphatic rings. The first kappa shape index (κ1) is 8.50. The Labute approximate surface area is 65.4 Å². The minimum atomic E-state index is -1.34.